The van der Waals surface area contributed by atoms with Gasteiger partial charge < -0.3 is 10.8 Å². The highest BCUT2D eigenvalue weighted by Gasteiger charge is 2.51. The number of nitrogens with two attached hydrogens (primary N) is 1. The van der Waals surface area contributed by atoms with Crippen LogP contribution >= 0.6 is 23.5 Å². The third-order valence-electron chi connectivity index (χ3n) is 3.59. The molecule has 2 aliphatic heterocycles. The third kappa shape index (κ3) is 3.15. The molecular formula is C15H15N3O3S2. The van der Waals surface area contributed by atoms with E-state index in [2.05, 4.69) is 4.98 Å². The number of amides is 1. The van der Waals surface area contributed by atoms with E-state index in [0.29, 0.717) is 11.5 Å². The average Bonchev–Trinajstić information content (AvgIpc) is 2.58. The van der Waals surface area contributed by atoms with E-state index in [1.807, 2.05) is 23.6 Å². The van der Waals surface area contributed by atoms with E-state index in [1.165, 1.54) is 28.4 Å². The van der Waals surface area contributed by atoms with Crippen LogP contribution in [0.2, 0.25) is 0 Å². The predicted octanol–water partition coefficient (Wildman–Crippen LogP) is 1.37. The second-order valence-corrected chi connectivity index (χ2v) is 7.09. The number of thioether (sulfide) groups is 2. The largest absolute Gasteiger partial charge is 0.477 e. The molecule has 23 heavy (non-hydrogen) atoms. The summed E-state index contributed by atoms with van der Waals surface area (Å²) in [5, 5.41) is 11.1. The van der Waals surface area contributed by atoms with Crippen molar-refractivity contribution in [1.82, 2.24) is 9.88 Å². The molecular weight excluding hydrogens is 334 g/mol. The van der Waals surface area contributed by atoms with Gasteiger partial charge in [-0.15, -0.1) is 23.5 Å². The molecule has 1 amide bonds. The first-order chi connectivity index (χ1) is 11.1. The third-order valence-corrected chi connectivity index (χ3v) is 5.79. The summed E-state index contributed by atoms with van der Waals surface area (Å²) in [7, 11) is 0. The van der Waals surface area contributed by atoms with Crippen LogP contribution in [-0.2, 0) is 9.59 Å². The predicted molar refractivity (Wildman–Crippen MR) is 91.5 cm³/mol. The Morgan fingerprint density at radius 2 is 2.43 bits per heavy atom. The van der Waals surface area contributed by atoms with Crippen LogP contribution < -0.4 is 5.73 Å². The lowest BCUT2D eigenvalue weighted by molar-refractivity contribution is -0.147. The number of carboxylic acid groups (broad SMARTS) is 1. The maximum absolute atomic E-state index is 11.8. The van der Waals surface area contributed by atoms with Crippen molar-refractivity contribution in [2.75, 3.05) is 11.5 Å². The molecule has 0 saturated carbocycles. The zero-order valence-electron chi connectivity index (χ0n) is 12.1. The highest BCUT2D eigenvalue weighted by atomic mass is 32.2. The van der Waals surface area contributed by atoms with Crippen molar-refractivity contribution < 1.29 is 14.7 Å². The number of aromatic nitrogens is 1. The molecule has 0 radical (unpaired) electrons. The maximum atomic E-state index is 11.8. The molecule has 1 aromatic rings. The minimum Gasteiger partial charge on any atom is -0.477 e. The molecule has 3 rings (SSSR count). The van der Waals surface area contributed by atoms with Gasteiger partial charge in [0.05, 0.1) is 0 Å². The monoisotopic (exact) mass is 349 g/mol. The smallest absolute Gasteiger partial charge is 0.352 e. The lowest BCUT2D eigenvalue weighted by Crippen LogP contribution is -2.68. The van der Waals surface area contributed by atoms with Crippen molar-refractivity contribution in [3.8, 4) is 0 Å². The van der Waals surface area contributed by atoms with Gasteiger partial charge in [0.15, 0.2) is 0 Å². The summed E-state index contributed by atoms with van der Waals surface area (Å²) < 4.78 is 0. The van der Waals surface area contributed by atoms with E-state index in [1.54, 1.807) is 12.4 Å². The number of hydrogen-bond donors (Lipinski definition) is 2. The van der Waals surface area contributed by atoms with E-state index in [4.69, 9.17) is 5.73 Å². The molecule has 1 aromatic heterocycles. The first-order valence-corrected chi connectivity index (χ1v) is 9.03. The van der Waals surface area contributed by atoms with E-state index in [0.717, 1.165) is 11.1 Å². The van der Waals surface area contributed by atoms with E-state index < -0.39 is 12.0 Å². The van der Waals surface area contributed by atoms with Crippen LogP contribution in [0.15, 0.2) is 41.2 Å². The molecule has 3 N–H and O–H groups in total. The second kappa shape index (κ2) is 6.77. The zero-order valence-corrected chi connectivity index (χ0v) is 13.7. The lowest BCUT2D eigenvalue weighted by atomic mass is 10.0. The average molecular weight is 349 g/mol. The Hall–Kier alpha value is -1.77. The number of carbonyl (C=O) groups is 2. The topological polar surface area (TPSA) is 96.5 Å². The van der Waals surface area contributed by atoms with Crippen molar-refractivity contribution in [3.05, 3.63) is 46.8 Å². The van der Waals surface area contributed by atoms with Crippen LogP contribution in [0.3, 0.4) is 0 Å². The summed E-state index contributed by atoms with van der Waals surface area (Å²) in [6, 6.07) is 3.20. The number of aliphatic carboxylic acids is 1. The van der Waals surface area contributed by atoms with Crippen molar-refractivity contribution >= 4 is 41.5 Å². The molecule has 0 bridgehead atoms. The van der Waals surface area contributed by atoms with Crippen LogP contribution in [0.1, 0.15) is 5.56 Å². The number of carbonyl (C=O) groups excluding carboxylic acids is 1. The maximum Gasteiger partial charge on any atom is 0.352 e. The van der Waals surface area contributed by atoms with Gasteiger partial charge in [-0.3, -0.25) is 14.7 Å². The molecule has 1 saturated heterocycles. The number of fused-ring (bicyclic) bond motifs is 1. The Labute approximate surface area is 141 Å². The minimum absolute atomic E-state index is 0.0997. The van der Waals surface area contributed by atoms with Gasteiger partial charge in [-0.25, -0.2) is 4.79 Å². The molecule has 0 spiro atoms. The molecule has 6 nitrogen and oxygen atoms in total. The summed E-state index contributed by atoms with van der Waals surface area (Å²) in [6.45, 7) is 0. The van der Waals surface area contributed by atoms with Gasteiger partial charge in [0, 0.05) is 23.9 Å². The summed E-state index contributed by atoms with van der Waals surface area (Å²) in [5.74, 6) is -0.273. The second-order valence-electron chi connectivity index (χ2n) is 5.09. The molecule has 0 aromatic carbocycles. The molecule has 120 valence electrons. The van der Waals surface area contributed by atoms with Crippen LogP contribution in [0.4, 0.5) is 0 Å². The van der Waals surface area contributed by atoms with Gasteiger partial charge in [0.25, 0.3) is 0 Å². The van der Waals surface area contributed by atoms with Crippen molar-refractivity contribution in [1.29, 1.82) is 0 Å². The van der Waals surface area contributed by atoms with Crippen LogP contribution in [0.5, 0.6) is 0 Å². The van der Waals surface area contributed by atoms with Crippen molar-refractivity contribution in [3.63, 3.8) is 0 Å². The number of rotatable bonds is 5. The highest BCUT2D eigenvalue weighted by Crippen LogP contribution is 2.40. The Kier molecular flexibility index (Phi) is 4.74. The van der Waals surface area contributed by atoms with Gasteiger partial charge in [0.2, 0.25) is 5.91 Å². The fraction of sp³-hybridized carbons (Fsp3) is 0.267. The molecule has 8 heteroatoms. The molecule has 0 aliphatic carbocycles. The fourth-order valence-electron chi connectivity index (χ4n) is 2.44. The van der Waals surface area contributed by atoms with E-state index in [9.17, 15) is 14.7 Å². The molecule has 3 heterocycles. The Morgan fingerprint density at radius 3 is 3.13 bits per heavy atom. The molecule has 2 atom stereocenters. The lowest BCUT2D eigenvalue weighted by Gasteiger charge is -2.48. The first kappa shape index (κ1) is 16.1. The summed E-state index contributed by atoms with van der Waals surface area (Å²) in [5.41, 5.74) is 7.55. The Bertz CT molecular complexity index is 690. The Morgan fingerprint density at radius 1 is 1.61 bits per heavy atom. The first-order valence-electron chi connectivity index (χ1n) is 6.93. The van der Waals surface area contributed by atoms with Crippen molar-refractivity contribution in [2.45, 2.75) is 11.4 Å². The van der Waals surface area contributed by atoms with Gasteiger partial charge in [0.1, 0.15) is 17.1 Å². The zero-order chi connectivity index (χ0) is 16.4. The van der Waals surface area contributed by atoms with Gasteiger partial charge >= 0.3 is 5.97 Å². The minimum atomic E-state index is -1.07. The van der Waals surface area contributed by atoms with Gasteiger partial charge in [-0.1, -0.05) is 6.07 Å². The molecule has 1 unspecified atom stereocenters. The highest BCUT2D eigenvalue weighted by molar-refractivity contribution is 8.02. The number of nitrogens with zero attached hydrogens (tertiary/aromatic N) is 2. The molecule has 1 fully saturated rings. The van der Waals surface area contributed by atoms with Crippen LogP contribution in [0, 0.1) is 0 Å². The quantitative estimate of drug-likeness (QED) is 0.775. The standard InChI is InChI=1S/C15H15N3O3S2/c16-11-13(19)18-12(15(20)21)10(8-23-14(11)18)7-22-5-3-9-2-1-4-17-6-9/h1-6,11,14H,7-8,16H2,(H,20,21)/t11?,14-/m0/s1. The number of carboxylic acids is 1. The fourth-order valence-corrected chi connectivity index (χ4v) is 4.65. The van der Waals surface area contributed by atoms with Gasteiger partial charge in [-0.05, 0) is 28.7 Å². The molecule has 2 aliphatic rings. The van der Waals surface area contributed by atoms with E-state index in [-0.39, 0.29) is 17.0 Å². The Balaban J connectivity index is 1.69. The normalized spacial score (nSPS) is 23.9. The van der Waals surface area contributed by atoms with Gasteiger partial charge in [-0.2, -0.15) is 0 Å². The summed E-state index contributed by atoms with van der Waals surface area (Å²) in [6.07, 6.45) is 5.38. The SMILES string of the molecule is NC1C(=O)N2C(C(=O)O)=C(CSC=Cc3cccnc3)CS[C@@H]12. The summed E-state index contributed by atoms with van der Waals surface area (Å²) >= 11 is 3.01. The van der Waals surface area contributed by atoms with Crippen molar-refractivity contribution in [2.24, 2.45) is 5.73 Å². The van der Waals surface area contributed by atoms with Crippen LogP contribution in [0.25, 0.3) is 6.08 Å². The number of pyridine rings is 1. The summed E-state index contributed by atoms with van der Waals surface area (Å²) in [4.78, 5) is 28.7. The number of hydrogen-bond acceptors (Lipinski definition) is 6. The van der Waals surface area contributed by atoms with Crippen LogP contribution in [-0.4, -0.2) is 49.8 Å². The number of β-lactam (4-membered cyclic amide) rings is 1. The van der Waals surface area contributed by atoms with E-state index >= 15 is 0 Å².